The first-order valence-corrected chi connectivity index (χ1v) is 7.41. The molecule has 2 aromatic rings. The fourth-order valence-corrected chi connectivity index (χ4v) is 3.32. The average molecular weight is 349 g/mol. The maximum atomic E-state index is 14.0. The Morgan fingerprint density at radius 1 is 1.47 bits per heavy atom. The largest absolute Gasteiger partial charge is 0.326 e. The van der Waals surface area contributed by atoms with Gasteiger partial charge in [-0.1, -0.05) is 15.9 Å². The number of hydrogen-bond donors (Lipinski definition) is 3. The first-order valence-electron chi connectivity index (χ1n) is 5.13. The molecule has 0 atom stereocenters. The smallest absolute Gasteiger partial charge is 0.264 e. The zero-order valence-corrected chi connectivity index (χ0v) is 11.9. The number of aromatic amines is 1. The van der Waals surface area contributed by atoms with Crippen LogP contribution in [0.3, 0.4) is 0 Å². The molecule has 0 saturated carbocycles. The lowest BCUT2D eigenvalue weighted by Gasteiger charge is -2.10. The minimum Gasteiger partial charge on any atom is -0.326 e. The van der Waals surface area contributed by atoms with Gasteiger partial charge in [0.1, 0.15) is 10.7 Å². The van der Waals surface area contributed by atoms with Crippen LogP contribution in [0.2, 0.25) is 0 Å². The molecule has 9 heteroatoms. The van der Waals surface area contributed by atoms with Gasteiger partial charge in [0.15, 0.2) is 0 Å². The lowest BCUT2D eigenvalue weighted by molar-refractivity contribution is 0.560. The Morgan fingerprint density at radius 3 is 2.79 bits per heavy atom. The van der Waals surface area contributed by atoms with Gasteiger partial charge in [-0.25, -0.2) is 12.8 Å². The summed E-state index contributed by atoms with van der Waals surface area (Å²) in [6.45, 7) is -0.0977. The lowest BCUT2D eigenvalue weighted by atomic mass is 10.2. The average Bonchev–Trinajstić information content (AvgIpc) is 2.83. The van der Waals surface area contributed by atoms with E-state index in [4.69, 9.17) is 5.73 Å². The number of anilines is 1. The van der Waals surface area contributed by atoms with Crippen molar-refractivity contribution in [3.05, 3.63) is 40.4 Å². The molecule has 0 aliphatic heterocycles. The lowest BCUT2D eigenvalue weighted by Crippen LogP contribution is -2.16. The summed E-state index contributed by atoms with van der Waals surface area (Å²) < 4.78 is 40.8. The van der Waals surface area contributed by atoms with Gasteiger partial charge in [0.2, 0.25) is 0 Å². The van der Waals surface area contributed by atoms with Crippen molar-refractivity contribution in [3.63, 3.8) is 0 Å². The normalized spacial score (nSPS) is 11.5. The molecule has 4 N–H and O–H groups in total. The maximum Gasteiger partial charge on any atom is 0.264 e. The monoisotopic (exact) mass is 348 g/mol. The Kier molecular flexibility index (Phi) is 3.88. The number of sulfonamides is 1. The summed E-state index contributed by atoms with van der Waals surface area (Å²) >= 11 is 3.13. The highest BCUT2D eigenvalue weighted by Crippen LogP contribution is 2.25. The van der Waals surface area contributed by atoms with E-state index in [1.165, 1.54) is 24.5 Å². The standard InChI is InChI=1S/C10H10BrFN4O2S/c11-7-1-6(3-13)10(12)9(2-7)19(17,18)16-8-4-14-15-5-8/h1-2,4-5,16H,3,13H2,(H,14,15). The van der Waals surface area contributed by atoms with E-state index in [1.54, 1.807) is 0 Å². The maximum absolute atomic E-state index is 14.0. The minimum absolute atomic E-state index is 0.0977. The number of nitrogens with one attached hydrogen (secondary N) is 2. The summed E-state index contributed by atoms with van der Waals surface area (Å²) in [6.07, 6.45) is 2.62. The number of nitrogens with zero attached hydrogens (tertiary/aromatic N) is 1. The zero-order chi connectivity index (χ0) is 14.0. The molecule has 6 nitrogen and oxygen atoms in total. The van der Waals surface area contributed by atoms with Crippen molar-refractivity contribution in [1.82, 2.24) is 10.2 Å². The Bertz CT molecular complexity index is 688. The van der Waals surface area contributed by atoms with Gasteiger partial charge >= 0.3 is 0 Å². The summed E-state index contributed by atoms with van der Waals surface area (Å²) in [5.74, 6) is -0.860. The first kappa shape index (κ1) is 14.0. The second-order valence-corrected chi connectivity index (χ2v) is 6.24. The number of aromatic nitrogens is 2. The van der Waals surface area contributed by atoms with Crippen LogP contribution in [0.4, 0.5) is 10.1 Å². The van der Waals surface area contributed by atoms with Crippen LogP contribution < -0.4 is 10.5 Å². The van der Waals surface area contributed by atoms with Gasteiger partial charge in [0, 0.05) is 22.8 Å². The Balaban J connectivity index is 2.48. The third kappa shape index (κ3) is 2.94. The second kappa shape index (κ2) is 5.27. The van der Waals surface area contributed by atoms with E-state index in [9.17, 15) is 12.8 Å². The topological polar surface area (TPSA) is 101 Å². The van der Waals surface area contributed by atoms with E-state index < -0.39 is 20.7 Å². The third-order valence-electron chi connectivity index (χ3n) is 2.34. The quantitative estimate of drug-likeness (QED) is 0.780. The van der Waals surface area contributed by atoms with E-state index in [2.05, 4.69) is 30.8 Å². The van der Waals surface area contributed by atoms with E-state index in [0.29, 0.717) is 4.47 Å². The number of nitrogens with two attached hydrogens (primary N) is 1. The highest BCUT2D eigenvalue weighted by atomic mass is 79.9. The van der Waals surface area contributed by atoms with Crippen molar-refractivity contribution in [2.45, 2.75) is 11.4 Å². The van der Waals surface area contributed by atoms with Crippen LogP contribution in [0.15, 0.2) is 33.9 Å². The number of halogens is 2. The number of hydrogen-bond acceptors (Lipinski definition) is 4. The molecule has 0 bridgehead atoms. The fourth-order valence-electron chi connectivity index (χ4n) is 1.48. The van der Waals surface area contributed by atoms with Crippen molar-refractivity contribution in [3.8, 4) is 0 Å². The Morgan fingerprint density at radius 2 is 2.21 bits per heavy atom. The van der Waals surface area contributed by atoms with Crippen molar-refractivity contribution < 1.29 is 12.8 Å². The molecule has 1 aromatic heterocycles. The van der Waals surface area contributed by atoms with Crippen LogP contribution in [-0.2, 0) is 16.6 Å². The van der Waals surface area contributed by atoms with Crippen molar-refractivity contribution in [2.75, 3.05) is 4.72 Å². The van der Waals surface area contributed by atoms with Crippen molar-refractivity contribution in [2.24, 2.45) is 5.73 Å². The molecule has 1 heterocycles. The Labute approximate surface area is 117 Å². The number of rotatable bonds is 4. The van der Waals surface area contributed by atoms with Crippen molar-refractivity contribution in [1.29, 1.82) is 0 Å². The molecule has 19 heavy (non-hydrogen) atoms. The predicted molar refractivity (Wildman–Crippen MR) is 71.4 cm³/mol. The van der Waals surface area contributed by atoms with Gasteiger partial charge in [-0.3, -0.25) is 9.82 Å². The van der Waals surface area contributed by atoms with E-state index in [0.717, 1.165) is 0 Å². The third-order valence-corrected chi connectivity index (χ3v) is 4.18. The first-order chi connectivity index (χ1) is 8.94. The fraction of sp³-hybridized carbons (Fsp3) is 0.100. The molecule has 0 aliphatic rings. The molecule has 0 fully saturated rings. The highest BCUT2D eigenvalue weighted by Gasteiger charge is 2.22. The summed E-state index contributed by atoms with van der Waals surface area (Å²) in [5, 5.41) is 6.05. The number of benzene rings is 1. The van der Waals surface area contributed by atoms with E-state index in [-0.39, 0.29) is 17.8 Å². The van der Waals surface area contributed by atoms with Gasteiger partial charge in [-0.15, -0.1) is 0 Å². The number of H-pyrrole nitrogens is 1. The molecule has 0 unspecified atom stereocenters. The summed E-state index contributed by atoms with van der Waals surface area (Å²) in [5.41, 5.74) is 5.71. The van der Waals surface area contributed by atoms with Gasteiger partial charge in [0.05, 0.1) is 11.9 Å². The zero-order valence-electron chi connectivity index (χ0n) is 9.52. The molecule has 0 saturated heterocycles. The van der Waals surface area contributed by atoms with Crippen molar-refractivity contribution >= 4 is 31.6 Å². The van der Waals surface area contributed by atoms with Crippen LogP contribution in [0.1, 0.15) is 5.56 Å². The molecular weight excluding hydrogens is 339 g/mol. The van der Waals surface area contributed by atoms with Crippen LogP contribution in [0.5, 0.6) is 0 Å². The van der Waals surface area contributed by atoms with E-state index in [1.807, 2.05) is 0 Å². The summed E-state index contributed by atoms with van der Waals surface area (Å²) in [4.78, 5) is -0.469. The second-order valence-electron chi connectivity index (χ2n) is 3.67. The minimum atomic E-state index is -4.04. The van der Waals surface area contributed by atoms with Crippen LogP contribution in [-0.4, -0.2) is 18.6 Å². The molecule has 0 aliphatic carbocycles. The molecule has 2 rings (SSSR count). The molecule has 0 radical (unpaired) electrons. The van der Waals surface area contributed by atoms with E-state index >= 15 is 0 Å². The van der Waals surface area contributed by atoms with Crippen LogP contribution in [0.25, 0.3) is 0 Å². The summed E-state index contributed by atoms with van der Waals surface area (Å²) in [7, 11) is -4.04. The van der Waals surface area contributed by atoms with Gasteiger partial charge in [-0.05, 0) is 12.1 Å². The van der Waals surface area contributed by atoms with Gasteiger partial charge in [0.25, 0.3) is 10.0 Å². The molecule has 102 valence electrons. The molecule has 0 amide bonds. The predicted octanol–water partition coefficient (Wildman–Crippen LogP) is 1.57. The SMILES string of the molecule is NCc1cc(Br)cc(S(=O)(=O)Nc2cn[nH]c2)c1F. The Hall–Kier alpha value is -1.45. The van der Waals surface area contributed by atoms with Crippen LogP contribution in [0, 0.1) is 5.82 Å². The highest BCUT2D eigenvalue weighted by molar-refractivity contribution is 9.10. The van der Waals surface area contributed by atoms with Crippen LogP contribution >= 0.6 is 15.9 Å². The van der Waals surface area contributed by atoms with Gasteiger partial charge in [-0.2, -0.15) is 5.10 Å². The van der Waals surface area contributed by atoms with Gasteiger partial charge < -0.3 is 5.73 Å². The molecule has 0 spiro atoms. The molecule has 1 aromatic carbocycles. The molecular formula is C10H10BrFN4O2S. The summed E-state index contributed by atoms with van der Waals surface area (Å²) in [6, 6.07) is 2.61.